The maximum Gasteiger partial charge on any atom is 0.130 e. The first kappa shape index (κ1) is 14.8. The zero-order valence-corrected chi connectivity index (χ0v) is 12.1. The summed E-state index contributed by atoms with van der Waals surface area (Å²) in [5, 5.41) is 17.3. The van der Waals surface area contributed by atoms with Crippen molar-refractivity contribution >= 4 is 5.84 Å². The number of aliphatic hydroxyl groups excluding tert-OH is 1. The van der Waals surface area contributed by atoms with Gasteiger partial charge in [-0.05, 0) is 30.0 Å². The Bertz CT molecular complexity index is 490. The molecule has 1 aliphatic heterocycles. The summed E-state index contributed by atoms with van der Waals surface area (Å²) in [6.45, 7) is 4.71. The average Bonchev–Trinajstić information content (AvgIpc) is 2.42. The van der Waals surface area contributed by atoms with Crippen LogP contribution in [-0.4, -0.2) is 42.1 Å². The van der Waals surface area contributed by atoms with Crippen LogP contribution in [0.15, 0.2) is 18.2 Å². The molecule has 1 fully saturated rings. The Morgan fingerprint density at radius 3 is 2.90 bits per heavy atom. The quantitative estimate of drug-likeness (QED) is 0.570. The van der Waals surface area contributed by atoms with Crippen molar-refractivity contribution in [2.75, 3.05) is 20.2 Å². The van der Waals surface area contributed by atoms with E-state index in [0.717, 1.165) is 31.6 Å². The number of aliphatic hydroxyl groups is 1. The zero-order valence-electron chi connectivity index (χ0n) is 12.1. The molecule has 2 unspecified atom stereocenters. The van der Waals surface area contributed by atoms with Crippen molar-refractivity contribution in [3.8, 4) is 5.75 Å². The molecule has 5 heteroatoms. The van der Waals surface area contributed by atoms with E-state index in [9.17, 15) is 5.11 Å². The van der Waals surface area contributed by atoms with Crippen molar-refractivity contribution in [3.05, 3.63) is 29.3 Å². The number of likely N-dealkylation sites (tertiary alicyclic amines) is 1. The first-order valence-electron chi connectivity index (χ1n) is 6.93. The van der Waals surface area contributed by atoms with Crippen LogP contribution in [0.1, 0.15) is 24.5 Å². The molecule has 0 spiro atoms. The number of hydrogen-bond donors (Lipinski definition) is 3. The minimum atomic E-state index is -0.180. The molecular formula is C15H23N3O2. The van der Waals surface area contributed by atoms with Gasteiger partial charge in [0.2, 0.25) is 0 Å². The molecule has 1 aromatic carbocycles. The Morgan fingerprint density at radius 2 is 2.30 bits per heavy atom. The van der Waals surface area contributed by atoms with E-state index in [1.54, 1.807) is 7.11 Å². The van der Waals surface area contributed by atoms with Crippen LogP contribution in [0.25, 0.3) is 0 Å². The summed E-state index contributed by atoms with van der Waals surface area (Å²) >= 11 is 0. The van der Waals surface area contributed by atoms with Gasteiger partial charge in [0, 0.05) is 19.6 Å². The van der Waals surface area contributed by atoms with E-state index in [4.69, 9.17) is 15.9 Å². The third-order valence-corrected chi connectivity index (χ3v) is 3.91. The van der Waals surface area contributed by atoms with Gasteiger partial charge >= 0.3 is 0 Å². The molecule has 1 saturated heterocycles. The maximum absolute atomic E-state index is 9.76. The Kier molecular flexibility index (Phi) is 4.62. The highest BCUT2D eigenvalue weighted by atomic mass is 16.5. The zero-order chi connectivity index (χ0) is 14.7. The molecule has 0 saturated carbocycles. The lowest BCUT2D eigenvalue weighted by atomic mass is 9.96. The summed E-state index contributed by atoms with van der Waals surface area (Å²) in [7, 11) is 1.59. The number of nitrogens with one attached hydrogen (secondary N) is 1. The highest BCUT2D eigenvalue weighted by molar-refractivity contribution is 5.97. The first-order chi connectivity index (χ1) is 9.51. The number of nitrogen functional groups attached to an aromatic ring is 1. The summed E-state index contributed by atoms with van der Waals surface area (Å²) < 4.78 is 5.30. The van der Waals surface area contributed by atoms with Gasteiger partial charge in [-0.2, -0.15) is 0 Å². The second-order valence-corrected chi connectivity index (χ2v) is 5.52. The van der Waals surface area contributed by atoms with Gasteiger partial charge in [0.25, 0.3) is 0 Å². The van der Waals surface area contributed by atoms with E-state index in [-0.39, 0.29) is 11.9 Å². The molecule has 0 bridgehead atoms. The molecule has 1 aliphatic rings. The molecule has 2 rings (SSSR count). The lowest BCUT2D eigenvalue weighted by Crippen LogP contribution is -2.41. The van der Waals surface area contributed by atoms with Gasteiger partial charge in [-0.3, -0.25) is 10.3 Å². The van der Waals surface area contributed by atoms with Crippen molar-refractivity contribution in [2.45, 2.75) is 26.0 Å². The molecule has 5 nitrogen and oxygen atoms in total. The third-order valence-electron chi connectivity index (χ3n) is 3.91. The van der Waals surface area contributed by atoms with Crippen LogP contribution in [0.3, 0.4) is 0 Å². The molecule has 1 heterocycles. The fourth-order valence-corrected chi connectivity index (χ4v) is 2.68. The predicted molar refractivity (Wildman–Crippen MR) is 79.1 cm³/mol. The Balaban J connectivity index is 2.08. The number of piperidine rings is 1. The molecular weight excluding hydrogens is 254 g/mol. The van der Waals surface area contributed by atoms with Crippen LogP contribution >= 0.6 is 0 Å². The van der Waals surface area contributed by atoms with E-state index in [1.807, 2.05) is 18.2 Å². The van der Waals surface area contributed by atoms with Crippen LogP contribution < -0.4 is 10.5 Å². The largest absolute Gasteiger partial charge is 0.496 e. The highest BCUT2D eigenvalue weighted by Crippen LogP contribution is 2.23. The molecule has 20 heavy (non-hydrogen) atoms. The van der Waals surface area contributed by atoms with Crippen LogP contribution in [0, 0.1) is 11.3 Å². The predicted octanol–water partition coefficient (Wildman–Crippen LogP) is 1.18. The Hall–Kier alpha value is -1.59. The molecule has 0 amide bonds. The summed E-state index contributed by atoms with van der Waals surface area (Å²) in [5.74, 6) is 0.963. The lowest BCUT2D eigenvalue weighted by molar-refractivity contribution is 0.0320. The van der Waals surface area contributed by atoms with Crippen LogP contribution in [0.5, 0.6) is 5.75 Å². The highest BCUT2D eigenvalue weighted by Gasteiger charge is 2.24. The number of hydrogen-bond acceptors (Lipinski definition) is 4. The number of amidine groups is 1. The van der Waals surface area contributed by atoms with E-state index < -0.39 is 0 Å². The number of nitrogens with zero attached hydrogens (tertiary/aromatic N) is 1. The second kappa shape index (κ2) is 6.24. The number of rotatable bonds is 4. The fraction of sp³-hybridized carbons (Fsp3) is 0.533. The number of benzene rings is 1. The molecule has 0 radical (unpaired) electrons. The van der Waals surface area contributed by atoms with E-state index in [2.05, 4.69) is 11.8 Å². The van der Waals surface area contributed by atoms with E-state index >= 15 is 0 Å². The van der Waals surface area contributed by atoms with Crippen LogP contribution in [0.2, 0.25) is 0 Å². The van der Waals surface area contributed by atoms with Gasteiger partial charge in [0.15, 0.2) is 0 Å². The van der Waals surface area contributed by atoms with Gasteiger partial charge in [0.1, 0.15) is 11.6 Å². The van der Waals surface area contributed by atoms with Gasteiger partial charge < -0.3 is 15.6 Å². The normalized spacial score (nSPS) is 23.6. The monoisotopic (exact) mass is 277 g/mol. The van der Waals surface area contributed by atoms with Crippen molar-refractivity contribution in [2.24, 2.45) is 11.7 Å². The fourth-order valence-electron chi connectivity index (χ4n) is 2.68. The van der Waals surface area contributed by atoms with E-state index in [0.29, 0.717) is 17.2 Å². The maximum atomic E-state index is 9.76. The summed E-state index contributed by atoms with van der Waals surface area (Å²) in [4.78, 5) is 2.33. The second-order valence-electron chi connectivity index (χ2n) is 5.52. The number of ether oxygens (including phenoxy) is 1. The molecule has 0 aromatic heterocycles. The minimum absolute atomic E-state index is 0.0168. The van der Waals surface area contributed by atoms with E-state index in [1.165, 1.54) is 0 Å². The molecule has 4 N–H and O–H groups in total. The van der Waals surface area contributed by atoms with Gasteiger partial charge in [-0.1, -0.05) is 13.0 Å². The van der Waals surface area contributed by atoms with Gasteiger partial charge in [-0.25, -0.2) is 0 Å². The summed E-state index contributed by atoms with van der Waals surface area (Å²) in [6.07, 6.45) is 0.643. The number of nitrogens with two attached hydrogens (primary N) is 1. The topological polar surface area (TPSA) is 82.6 Å². The SMILES string of the molecule is COc1cc(CN2CCC(O)C(C)C2)ccc1C(=N)N. The Morgan fingerprint density at radius 1 is 1.55 bits per heavy atom. The number of methoxy groups -OCH3 is 1. The molecule has 0 aliphatic carbocycles. The summed E-state index contributed by atoms with van der Waals surface area (Å²) in [6, 6.07) is 5.75. The lowest BCUT2D eigenvalue weighted by Gasteiger charge is -2.34. The molecule has 2 atom stereocenters. The van der Waals surface area contributed by atoms with Gasteiger partial charge in [0.05, 0.1) is 18.8 Å². The Labute approximate surface area is 119 Å². The first-order valence-corrected chi connectivity index (χ1v) is 6.93. The molecule has 1 aromatic rings. The third kappa shape index (κ3) is 3.29. The van der Waals surface area contributed by atoms with Crippen molar-refractivity contribution in [3.63, 3.8) is 0 Å². The molecule has 110 valence electrons. The van der Waals surface area contributed by atoms with Crippen LogP contribution in [-0.2, 0) is 6.54 Å². The van der Waals surface area contributed by atoms with Gasteiger partial charge in [-0.15, -0.1) is 0 Å². The standard InChI is InChI=1S/C15H23N3O2/c1-10-8-18(6-5-13(10)19)9-11-3-4-12(15(16)17)14(7-11)20-2/h3-4,7,10,13,19H,5-6,8-9H2,1-2H3,(H3,16,17). The van der Waals surface area contributed by atoms with Crippen LogP contribution in [0.4, 0.5) is 0 Å². The van der Waals surface area contributed by atoms with Crippen molar-refractivity contribution in [1.29, 1.82) is 5.41 Å². The average molecular weight is 277 g/mol. The minimum Gasteiger partial charge on any atom is -0.496 e. The smallest absolute Gasteiger partial charge is 0.130 e. The summed E-state index contributed by atoms with van der Waals surface area (Å²) in [5.41, 5.74) is 7.28. The van der Waals surface area contributed by atoms with Crippen molar-refractivity contribution < 1.29 is 9.84 Å². The van der Waals surface area contributed by atoms with Crippen molar-refractivity contribution in [1.82, 2.24) is 4.90 Å².